The first-order valence-corrected chi connectivity index (χ1v) is 4.34. The summed E-state index contributed by atoms with van der Waals surface area (Å²) < 4.78 is 0. The van der Waals surface area contributed by atoms with E-state index in [2.05, 4.69) is 43.3 Å². The van der Waals surface area contributed by atoms with Gasteiger partial charge in [0.15, 0.2) is 5.82 Å². The molecule has 1 rings (SSSR count). The molecule has 8 nitrogen and oxygen atoms in total. The third-order valence-corrected chi connectivity index (χ3v) is 1.45. The normalized spacial score (nSPS) is 11.4. The van der Waals surface area contributed by atoms with Crippen molar-refractivity contribution in [1.29, 1.82) is 0 Å². The van der Waals surface area contributed by atoms with Crippen molar-refractivity contribution in [1.82, 2.24) is 31.4 Å². The van der Waals surface area contributed by atoms with Gasteiger partial charge in [0.05, 0.1) is 0 Å². The highest BCUT2D eigenvalue weighted by atomic mass is 15.5. The van der Waals surface area contributed by atoms with Crippen LogP contribution in [0.1, 0.15) is 19.2 Å². The molecule has 78 valence electrons. The number of tetrazole rings is 1. The van der Waals surface area contributed by atoms with E-state index in [1.807, 2.05) is 0 Å². The Kier molecular flexibility index (Phi) is 4.35. The van der Waals surface area contributed by atoms with Gasteiger partial charge >= 0.3 is 0 Å². The zero-order valence-electron chi connectivity index (χ0n) is 7.99. The van der Waals surface area contributed by atoms with Crippen LogP contribution in [0, 0.1) is 0 Å². The molecule has 0 aliphatic heterocycles. The van der Waals surface area contributed by atoms with Crippen molar-refractivity contribution in [3.8, 4) is 0 Å². The first-order valence-electron chi connectivity index (χ1n) is 4.34. The topological polar surface area (TPSA) is 117 Å². The highest BCUT2D eigenvalue weighted by Crippen LogP contribution is 1.86. The minimum atomic E-state index is 0.340. The number of hydrazine groups is 1. The second-order valence-electron chi connectivity index (χ2n) is 2.56. The molecule has 0 atom stereocenters. The molecule has 14 heavy (non-hydrogen) atoms. The van der Waals surface area contributed by atoms with E-state index in [0.717, 1.165) is 13.0 Å². The monoisotopic (exact) mass is 198 g/mol. The van der Waals surface area contributed by atoms with E-state index < -0.39 is 0 Å². The van der Waals surface area contributed by atoms with Crippen LogP contribution in [0.4, 0.5) is 0 Å². The maximum Gasteiger partial charge on any atom is 0.206 e. The lowest BCUT2D eigenvalue weighted by Gasteiger charge is -2.06. The summed E-state index contributed by atoms with van der Waals surface area (Å²) in [6, 6.07) is 0. The standard InChI is InChI=1S/C6H14N8/c1-2-3-8-6(10-7)9-4-5-11-13-14-12-5/h2-4,7H2,1H3,(H2,8,9,10)(H,11,12,13,14). The van der Waals surface area contributed by atoms with Crippen LogP contribution in [-0.2, 0) is 6.54 Å². The van der Waals surface area contributed by atoms with Crippen molar-refractivity contribution in [2.24, 2.45) is 10.8 Å². The molecule has 0 aromatic carbocycles. The number of nitrogens with two attached hydrogens (primary N) is 1. The minimum absolute atomic E-state index is 0.340. The summed E-state index contributed by atoms with van der Waals surface area (Å²) in [5.41, 5.74) is 2.45. The minimum Gasteiger partial charge on any atom is -0.355 e. The Morgan fingerprint density at radius 2 is 2.50 bits per heavy atom. The van der Waals surface area contributed by atoms with Crippen molar-refractivity contribution in [2.75, 3.05) is 6.54 Å². The predicted molar refractivity (Wildman–Crippen MR) is 50.9 cm³/mol. The Balaban J connectivity index is 2.39. The number of aromatic amines is 1. The van der Waals surface area contributed by atoms with Crippen molar-refractivity contribution >= 4 is 5.96 Å². The Hall–Kier alpha value is -1.70. The van der Waals surface area contributed by atoms with Gasteiger partial charge in [-0.2, -0.15) is 5.21 Å². The molecule has 0 fully saturated rings. The summed E-state index contributed by atoms with van der Waals surface area (Å²) in [6.07, 6.45) is 1.00. The van der Waals surface area contributed by atoms with Crippen molar-refractivity contribution in [3.05, 3.63) is 5.82 Å². The van der Waals surface area contributed by atoms with E-state index in [4.69, 9.17) is 5.84 Å². The molecular weight excluding hydrogens is 184 g/mol. The summed E-state index contributed by atoms with van der Waals surface area (Å²) in [6.45, 7) is 3.21. The summed E-state index contributed by atoms with van der Waals surface area (Å²) in [5.74, 6) is 6.29. The molecule has 0 radical (unpaired) electrons. The summed E-state index contributed by atoms with van der Waals surface area (Å²) >= 11 is 0. The van der Waals surface area contributed by atoms with Crippen molar-refractivity contribution in [2.45, 2.75) is 19.9 Å². The van der Waals surface area contributed by atoms with Crippen LogP contribution in [0.15, 0.2) is 4.99 Å². The summed E-state index contributed by atoms with van der Waals surface area (Å²) in [5, 5.41) is 16.3. The Labute approximate surface area is 81.3 Å². The molecule has 0 aliphatic rings. The van der Waals surface area contributed by atoms with Crippen LogP contribution < -0.4 is 16.6 Å². The average Bonchev–Trinajstić information content (AvgIpc) is 2.71. The molecular formula is C6H14N8. The van der Waals surface area contributed by atoms with E-state index >= 15 is 0 Å². The van der Waals surface area contributed by atoms with Gasteiger partial charge in [-0.05, 0) is 6.42 Å². The fourth-order valence-corrected chi connectivity index (χ4v) is 0.795. The lowest BCUT2D eigenvalue weighted by Crippen LogP contribution is -2.41. The van der Waals surface area contributed by atoms with Crippen LogP contribution >= 0.6 is 0 Å². The number of aliphatic imine (C=N–C) groups is 1. The Morgan fingerprint density at radius 3 is 3.07 bits per heavy atom. The average molecular weight is 198 g/mol. The molecule has 0 aliphatic carbocycles. The van der Waals surface area contributed by atoms with Gasteiger partial charge in [-0.3, -0.25) is 5.43 Å². The van der Waals surface area contributed by atoms with Gasteiger partial charge in [-0.1, -0.05) is 12.1 Å². The lowest BCUT2D eigenvalue weighted by atomic mass is 10.5. The largest absolute Gasteiger partial charge is 0.355 e. The third-order valence-electron chi connectivity index (χ3n) is 1.45. The van der Waals surface area contributed by atoms with Crippen LogP contribution in [0.5, 0.6) is 0 Å². The maximum absolute atomic E-state index is 5.25. The second kappa shape index (κ2) is 5.86. The first-order chi connectivity index (χ1) is 6.86. The zero-order chi connectivity index (χ0) is 10.2. The van der Waals surface area contributed by atoms with E-state index in [0.29, 0.717) is 18.3 Å². The van der Waals surface area contributed by atoms with E-state index in [1.165, 1.54) is 0 Å². The molecule has 0 amide bonds. The molecule has 1 aromatic heterocycles. The maximum atomic E-state index is 5.25. The number of nitrogens with one attached hydrogen (secondary N) is 3. The summed E-state index contributed by atoms with van der Waals surface area (Å²) in [7, 11) is 0. The lowest BCUT2D eigenvalue weighted by molar-refractivity contribution is 0.784. The number of H-pyrrole nitrogens is 1. The van der Waals surface area contributed by atoms with E-state index in [9.17, 15) is 0 Å². The van der Waals surface area contributed by atoms with Crippen LogP contribution in [0.3, 0.4) is 0 Å². The number of rotatable bonds is 4. The quantitative estimate of drug-likeness (QED) is 0.203. The van der Waals surface area contributed by atoms with Gasteiger partial charge in [0.1, 0.15) is 6.54 Å². The molecule has 0 unspecified atom stereocenters. The molecule has 0 saturated heterocycles. The van der Waals surface area contributed by atoms with E-state index in [1.54, 1.807) is 0 Å². The van der Waals surface area contributed by atoms with Crippen LogP contribution in [-0.4, -0.2) is 33.1 Å². The van der Waals surface area contributed by atoms with Gasteiger partial charge in [0.25, 0.3) is 0 Å². The fourth-order valence-electron chi connectivity index (χ4n) is 0.795. The highest BCUT2D eigenvalue weighted by molar-refractivity contribution is 5.78. The molecule has 1 aromatic rings. The van der Waals surface area contributed by atoms with Crippen LogP contribution in [0.25, 0.3) is 0 Å². The number of nitrogens with zero attached hydrogens (tertiary/aromatic N) is 4. The zero-order valence-corrected chi connectivity index (χ0v) is 7.99. The van der Waals surface area contributed by atoms with Gasteiger partial charge in [-0.15, -0.1) is 10.2 Å². The van der Waals surface area contributed by atoms with Gasteiger partial charge < -0.3 is 5.32 Å². The number of hydrogen-bond acceptors (Lipinski definition) is 5. The number of guanidine groups is 1. The third kappa shape index (κ3) is 3.35. The van der Waals surface area contributed by atoms with Crippen molar-refractivity contribution < 1.29 is 0 Å². The molecule has 0 spiro atoms. The first kappa shape index (κ1) is 10.4. The van der Waals surface area contributed by atoms with Crippen molar-refractivity contribution in [3.63, 3.8) is 0 Å². The van der Waals surface area contributed by atoms with Gasteiger partial charge in [0, 0.05) is 6.54 Å². The fraction of sp³-hybridized carbons (Fsp3) is 0.667. The van der Waals surface area contributed by atoms with Crippen LogP contribution in [0.2, 0.25) is 0 Å². The highest BCUT2D eigenvalue weighted by Gasteiger charge is 1.97. The molecule has 1 heterocycles. The molecule has 0 saturated carbocycles. The predicted octanol–water partition coefficient (Wildman–Crippen LogP) is -1.48. The Morgan fingerprint density at radius 1 is 1.64 bits per heavy atom. The summed E-state index contributed by atoms with van der Waals surface area (Å²) in [4.78, 5) is 4.11. The van der Waals surface area contributed by atoms with Gasteiger partial charge in [-0.25, -0.2) is 10.8 Å². The number of aromatic nitrogens is 4. The molecule has 5 N–H and O–H groups in total. The molecule has 0 bridgehead atoms. The van der Waals surface area contributed by atoms with E-state index in [-0.39, 0.29) is 0 Å². The second-order valence-corrected chi connectivity index (χ2v) is 2.56. The SMILES string of the molecule is CCCNC(=NCc1nn[nH]n1)NN. The number of hydrogen-bond donors (Lipinski definition) is 4. The van der Waals surface area contributed by atoms with Gasteiger partial charge in [0.2, 0.25) is 5.96 Å². The smallest absolute Gasteiger partial charge is 0.206 e. The molecule has 8 heteroatoms. The Bertz CT molecular complexity index is 265.